The summed E-state index contributed by atoms with van der Waals surface area (Å²) >= 11 is 0. The van der Waals surface area contributed by atoms with E-state index >= 15 is 0 Å². The Balaban J connectivity index is 1.94. The Bertz CT molecular complexity index is 493. The van der Waals surface area contributed by atoms with Crippen LogP contribution in [0, 0.1) is 6.92 Å². The highest BCUT2D eigenvalue weighted by Crippen LogP contribution is 2.24. The average molecular weight is 292 g/mol. The van der Waals surface area contributed by atoms with Crippen molar-refractivity contribution in [2.75, 3.05) is 6.54 Å². The van der Waals surface area contributed by atoms with Crippen LogP contribution < -0.4 is 4.74 Å². The van der Waals surface area contributed by atoms with E-state index in [-0.39, 0.29) is 18.2 Å². The standard InChI is InChI=1S/C16H24N2O3/c1-11-6-7-13(9-17-11)20-14-8-12(2)18(10-14)15(19)21-16(3,4)5/h6-7,9,12,14H,8,10H2,1-5H3/t12-,14+/m0/s1. The molecule has 0 aromatic carbocycles. The Hall–Kier alpha value is -1.78. The number of hydrogen-bond acceptors (Lipinski definition) is 4. The van der Waals surface area contributed by atoms with Crippen LogP contribution in [-0.2, 0) is 4.74 Å². The first-order valence-corrected chi connectivity index (χ1v) is 7.33. The summed E-state index contributed by atoms with van der Waals surface area (Å²) in [7, 11) is 0. The number of likely N-dealkylation sites (tertiary alicyclic amines) is 1. The molecule has 1 aromatic heterocycles. The summed E-state index contributed by atoms with van der Waals surface area (Å²) in [4.78, 5) is 18.1. The summed E-state index contributed by atoms with van der Waals surface area (Å²) in [5, 5.41) is 0. The Morgan fingerprint density at radius 1 is 1.38 bits per heavy atom. The molecule has 0 bridgehead atoms. The SMILES string of the molecule is Cc1ccc(O[C@@H]2C[C@H](C)N(C(=O)OC(C)(C)C)C2)cn1. The third kappa shape index (κ3) is 4.34. The number of ether oxygens (including phenoxy) is 2. The Morgan fingerprint density at radius 2 is 2.10 bits per heavy atom. The minimum Gasteiger partial charge on any atom is -0.487 e. The molecule has 0 N–H and O–H groups in total. The van der Waals surface area contributed by atoms with Gasteiger partial charge in [-0.15, -0.1) is 0 Å². The van der Waals surface area contributed by atoms with E-state index in [9.17, 15) is 4.79 Å². The van der Waals surface area contributed by atoms with E-state index in [0.29, 0.717) is 6.54 Å². The summed E-state index contributed by atoms with van der Waals surface area (Å²) in [5.74, 6) is 0.740. The molecule has 0 spiro atoms. The molecule has 1 fully saturated rings. The molecule has 1 aliphatic rings. The number of carbonyl (C=O) groups excluding carboxylic acids is 1. The van der Waals surface area contributed by atoms with Gasteiger partial charge in [0.15, 0.2) is 0 Å². The lowest BCUT2D eigenvalue weighted by molar-refractivity contribution is 0.0224. The van der Waals surface area contributed by atoms with Crippen LogP contribution in [-0.4, -0.2) is 40.3 Å². The van der Waals surface area contributed by atoms with Gasteiger partial charge in [-0.25, -0.2) is 4.79 Å². The average Bonchev–Trinajstić information content (AvgIpc) is 2.71. The first-order chi connectivity index (χ1) is 9.74. The second-order valence-corrected chi connectivity index (χ2v) is 6.59. The molecule has 0 aliphatic carbocycles. The van der Waals surface area contributed by atoms with E-state index < -0.39 is 5.60 Å². The van der Waals surface area contributed by atoms with Crippen molar-refractivity contribution in [1.82, 2.24) is 9.88 Å². The number of pyridine rings is 1. The molecule has 0 radical (unpaired) electrons. The van der Waals surface area contributed by atoms with Gasteiger partial charge in [0.25, 0.3) is 0 Å². The van der Waals surface area contributed by atoms with Gasteiger partial charge in [-0.1, -0.05) is 0 Å². The molecule has 0 saturated carbocycles. The number of nitrogens with zero attached hydrogens (tertiary/aromatic N) is 2. The lowest BCUT2D eigenvalue weighted by Gasteiger charge is -2.26. The Kier molecular flexibility index (Phi) is 4.40. The van der Waals surface area contributed by atoms with Gasteiger partial charge in [0.2, 0.25) is 0 Å². The van der Waals surface area contributed by atoms with E-state index in [4.69, 9.17) is 9.47 Å². The summed E-state index contributed by atoms with van der Waals surface area (Å²) in [6.07, 6.45) is 2.23. The monoisotopic (exact) mass is 292 g/mol. The lowest BCUT2D eigenvalue weighted by atomic mass is 10.2. The first-order valence-electron chi connectivity index (χ1n) is 7.33. The van der Waals surface area contributed by atoms with Gasteiger partial charge < -0.3 is 14.4 Å². The predicted octanol–water partition coefficient (Wildman–Crippen LogP) is 3.17. The molecular weight excluding hydrogens is 268 g/mol. The molecule has 1 amide bonds. The van der Waals surface area contributed by atoms with Crippen molar-refractivity contribution < 1.29 is 14.3 Å². The minimum atomic E-state index is -0.476. The second kappa shape index (κ2) is 5.92. The predicted molar refractivity (Wildman–Crippen MR) is 80.4 cm³/mol. The lowest BCUT2D eigenvalue weighted by Crippen LogP contribution is -2.39. The minimum absolute atomic E-state index is 0.0166. The molecule has 2 heterocycles. The van der Waals surface area contributed by atoms with Crippen molar-refractivity contribution in [3.63, 3.8) is 0 Å². The number of hydrogen-bond donors (Lipinski definition) is 0. The van der Waals surface area contributed by atoms with Crippen LogP contribution in [0.2, 0.25) is 0 Å². The van der Waals surface area contributed by atoms with E-state index in [1.807, 2.05) is 46.8 Å². The normalized spacial score (nSPS) is 22.2. The molecule has 5 nitrogen and oxygen atoms in total. The zero-order valence-electron chi connectivity index (χ0n) is 13.4. The van der Waals surface area contributed by atoms with E-state index in [0.717, 1.165) is 17.9 Å². The topological polar surface area (TPSA) is 51.7 Å². The van der Waals surface area contributed by atoms with Crippen molar-refractivity contribution in [2.45, 2.75) is 58.8 Å². The molecule has 1 aromatic rings. The molecular formula is C16H24N2O3. The highest BCUT2D eigenvalue weighted by molar-refractivity contribution is 5.69. The van der Waals surface area contributed by atoms with Crippen LogP contribution >= 0.6 is 0 Å². The molecule has 2 atom stereocenters. The molecule has 1 saturated heterocycles. The van der Waals surface area contributed by atoms with Crippen molar-refractivity contribution in [1.29, 1.82) is 0 Å². The molecule has 1 aliphatic heterocycles. The van der Waals surface area contributed by atoms with Crippen molar-refractivity contribution in [2.24, 2.45) is 0 Å². The molecule has 0 unspecified atom stereocenters. The summed E-state index contributed by atoms with van der Waals surface area (Å²) in [5.41, 5.74) is 0.480. The van der Waals surface area contributed by atoms with Crippen LogP contribution in [0.4, 0.5) is 4.79 Å². The third-order valence-corrected chi connectivity index (χ3v) is 3.35. The molecule has 5 heteroatoms. The van der Waals surface area contributed by atoms with Crippen LogP contribution in [0.15, 0.2) is 18.3 Å². The summed E-state index contributed by atoms with van der Waals surface area (Å²) < 4.78 is 11.3. The second-order valence-electron chi connectivity index (χ2n) is 6.59. The highest BCUT2D eigenvalue weighted by atomic mass is 16.6. The van der Waals surface area contributed by atoms with Crippen LogP contribution in [0.1, 0.15) is 39.8 Å². The number of rotatable bonds is 2. The molecule has 21 heavy (non-hydrogen) atoms. The zero-order valence-corrected chi connectivity index (χ0v) is 13.4. The first kappa shape index (κ1) is 15.6. The van der Waals surface area contributed by atoms with Gasteiger partial charge in [0, 0.05) is 18.2 Å². The van der Waals surface area contributed by atoms with Crippen molar-refractivity contribution in [3.8, 4) is 5.75 Å². The van der Waals surface area contributed by atoms with Crippen LogP contribution in [0.25, 0.3) is 0 Å². The zero-order chi connectivity index (χ0) is 15.6. The van der Waals surface area contributed by atoms with E-state index in [1.165, 1.54) is 0 Å². The van der Waals surface area contributed by atoms with E-state index in [2.05, 4.69) is 4.98 Å². The van der Waals surface area contributed by atoms with Gasteiger partial charge in [0.05, 0.1) is 12.7 Å². The number of carbonyl (C=O) groups is 1. The Labute approximate surface area is 126 Å². The smallest absolute Gasteiger partial charge is 0.410 e. The number of amides is 1. The quantitative estimate of drug-likeness (QED) is 0.840. The fraction of sp³-hybridized carbons (Fsp3) is 0.625. The fourth-order valence-corrected chi connectivity index (χ4v) is 2.36. The van der Waals surface area contributed by atoms with Gasteiger partial charge in [-0.2, -0.15) is 0 Å². The van der Waals surface area contributed by atoms with Gasteiger partial charge >= 0.3 is 6.09 Å². The maximum absolute atomic E-state index is 12.1. The van der Waals surface area contributed by atoms with Gasteiger partial charge in [-0.3, -0.25) is 4.98 Å². The maximum Gasteiger partial charge on any atom is 0.410 e. The molecule has 2 rings (SSSR count). The summed E-state index contributed by atoms with van der Waals surface area (Å²) in [6, 6.07) is 3.94. The van der Waals surface area contributed by atoms with E-state index in [1.54, 1.807) is 11.1 Å². The van der Waals surface area contributed by atoms with Gasteiger partial charge in [-0.05, 0) is 46.8 Å². The van der Waals surface area contributed by atoms with Gasteiger partial charge in [0.1, 0.15) is 17.5 Å². The van der Waals surface area contributed by atoms with Crippen LogP contribution in [0.3, 0.4) is 0 Å². The maximum atomic E-state index is 12.1. The number of aryl methyl sites for hydroxylation is 1. The fourth-order valence-electron chi connectivity index (χ4n) is 2.36. The molecule has 116 valence electrons. The Morgan fingerprint density at radius 3 is 2.67 bits per heavy atom. The van der Waals surface area contributed by atoms with Crippen LogP contribution in [0.5, 0.6) is 5.75 Å². The highest BCUT2D eigenvalue weighted by Gasteiger charge is 2.36. The summed E-state index contributed by atoms with van der Waals surface area (Å²) in [6.45, 7) is 10.1. The van der Waals surface area contributed by atoms with Crippen molar-refractivity contribution in [3.05, 3.63) is 24.0 Å². The largest absolute Gasteiger partial charge is 0.487 e. The third-order valence-electron chi connectivity index (χ3n) is 3.35. The van der Waals surface area contributed by atoms with Crippen molar-refractivity contribution >= 4 is 6.09 Å². The number of aromatic nitrogens is 1.